The van der Waals surface area contributed by atoms with Gasteiger partial charge in [-0.15, -0.1) is 0 Å². The number of rotatable bonds is 4. The lowest BCUT2D eigenvalue weighted by Gasteiger charge is -2.05. The van der Waals surface area contributed by atoms with Gasteiger partial charge in [0.25, 0.3) is 0 Å². The highest BCUT2D eigenvalue weighted by atomic mass is 16.2. The van der Waals surface area contributed by atoms with Crippen LogP contribution in [0.1, 0.15) is 19.8 Å². The zero-order valence-corrected chi connectivity index (χ0v) is 8.16. The highest BCUT2D eigenvalue weighted by Crippen LogP contribution is 1.99. The van der Waals surface area contributed by atoms with E-state index >= 15 is 0 Å². The summed E-state index contributed by atoms with van der Waals surface area (Å²) in [5.74, 6) is 0. The fourth-order valence-corrected chi connectivity index (χ4v) is 0.918. The molecule has 0 saturated carbocycles. The molecule has 14 heavy (non-hydrogen) atoms. The summed E-state index contributed by atoms with van der Waals surface area (Å²) >= 11 is 0. The van der Waals surface area contributed by atoms with Crippen LogP contribution >= 0.6 is 0 Å². The van der Waals surface area contributed by atoms with Gasteiger partial charge in [-0.1, -0.05) is 13.3 Å². The first kappa shape index (κ1) is 10.4. The Kier molecular flexibility index (Phi) is 4.40. The van der Waals surface area contributed by atoms with Crippen LogP contribution in [-0.4, -0.2) is 22.5 Å². The molecule has 1 aromatic heterocycles. The SMILES string of the molecule is CCCCNC(=O)Nc1cncnc1. The van der Waals surface area contributed by atoms with Crippen LogP contribution in [-0.2, 0) is 0 Å². The Morgan fingerprint density at radius 3 is 2.79 bits per heavy atom. The maximum Gasteiger partial charge on any atom is 0.319 e. The maximum atomic E-state index is 11.2. The minimum Gasteiger partial charge on any atom is -0.338 e. The third-order valence-electron chi connectivity index (χ3n) is 1.63. The van der Waals surface area contributed by atoms with E-state index in [9.17, 15) is 4.79 Å². The van der Waals surface area contributed by atoms with Gasteiger partial charge in [0, 0.05) is 6.54 Å². The lowest BCUT2D eigenvalue weighted by molar-refractivity contribution is 0.252. The van der Waals surface area contributed by atoms with E-state index in [0.29, 0.717) is 12.2 Å². The Morgan fingerprint density at radius 1 is 1.43 bits per heavy atom. The molecule has 2 amide bonds. The van der Waals surface area contributed by atoms with E-state index in [2.05, 4.69) is 27.5 Å². The lowest BCUT2D eigenvalue weighted by Crippen LogP contribution is -2.29. The summed E-state index contributed by atoms with van der Waals surface area (Å²) in [4.78, 5) is 18.8. The average Bonchev–Trinajstić information content (AvgIpc) is 2.20. The van der Waals surface area contributed by atoms with Crippen LogP contribution < -0.4 is 10.6 Å². The normalized spacial score (nSPS) is 9.50. The van der Waals surface area contributed by atoms with Crippen LogP contribution in [0.5, 0.6) is 0 Å². The number of hydrogen-bond acceptors (Lipinski definition) is 3. The third-order valence-corrected chi connectivity index (χ3v) is 1.63. The molecule has 0 radical (unpaired) electrons. The summed E-state index contributed by atoms with van der Waals surface area (Å²) in [6.07, 6.45) is 6.56. The van der Waals surface area contributed by atoms with E-state index in [1.165, 1.54) is 6.33 Å². The fraction of sp³-hybridized carbons (Fsp3) is 0.444. The molecule has 0 spiro atoms. The molecule has 5 nitrogen and oxygen atoms in total. The summed E-state index contributed by atoms with van der Waals surface area (Å²) in [5, 5.41) is 5.35. The molecule has 76 valence electrons. The standard InChI is InChI=1S/C9H14N4O/c1-2-3-4-12-9(14)13-8-5-10-7-11-6-8/h5-7H,2-4H2,1H3,(H2,12,13,14). The first-order chi connectivity index (χ1) is 6.83. The van der Waals surface area contributed by atoms with Gasteiger partial charge in [-0.25, -0.2) is 14.8 Å². The largest absolute Gasteiger partial charge is 0.338 e. The summed E-state index contributed by atoms with van der Waals surface area (Å²) in [5.41, 5.74) is 0.599. The van der Waals surface area contributed by atoms with Gasteiger partial charge in [-0.05, 0) is 6.42 Å². The van der Waals surface area contributed by atoms with Crippen molar-refractivity contribution in [2.75, 3.05) is 11.9 Å². The third kappa shape index (κ3) is 3.84. The van der Waals surface area contributed by atoms with Crippen molar-refractivity contribution in [3.8, 4) is 0 Å². The van der Waals surface area contributed by atoms with E-state index in [4.69, 9.17) is 0 Å². The van der Waals surface area contributed by atoms with E-state index in [-0.39, 0.29) is 6.03 Å². The second-order valence-electron chi connectivity index (χ2n) is 2.86. The summed E-state index contributed by atoms with van der Waals surface area (Å²) in [6.45, 7) is 2.76. The molecular weight excluding hydrogens is 180 g/mol. The number of amides is 2. The van der Waals surface area contributed by atoms with Crippen LogP contribution in [0, 0.1) is 0 Å². The molecule has 0 saturated heterocycles. The van der Waals surface area contributed by atoms with Crippen molar-refractivity contribution >= 4 is 11.7 Å². The smallest absolute Gasteiger partial charge is 0.319 e. The topological polar surface area (TPSA) is 66.9 Å². The first-order valence-corrected chi connectivity index (χ1v) is 4.62. The number of unbranched alkanes of at least 4 members (excludes halogenated alkanes) is 1. The van der Waals surface area contributed by atoms with E-state index in [1.54, 1.807) is 12.4 Å². The molecule has 0 fully saturated rings. The van der Waals surface area contributed by atoms with Gasteiger partial charge in [0.05, 0.1) is 18.1 Å². The number of carbonyl (C=O) groups excluding carboxylic acids is 1. The van der Waals surface area contributed by atoms with Crippen LogP contribution in [0.3, 0.4) is 0 Å². The maximum absolute atomic E-state index is 11.2. The van der Waals surface area contributed by atoms with E-state index in [0.717, 1.165) is 12.8 Å². The van der Waals surface area contributed by atoms with Gasteiger partial charge in [-0.3, -0.25) is 0 Å². The lowest BCUT2D eigenvalue weighted by atomic mass is 10.3. The predicted octanol–water partition coefficient (Wildman–Crippen LogP) is 1.40. The monoisotopic (exact) mass is 194 g/mol. The van der Waals surface area contributed by atoms with E-state index < -0.39 is 0 Å². The highest BCUT2D eigenvalue weighted by molar-refractivity contribution is 5.88. The minimum atomic E-state index is -0.215. The molecule has 0 aromatic carbocycles. The van der Waals surface area contributed by atoms with Crippen molar-refractivity contribution in [1.82, 2.24) is 15.3 Å². The molecule has 5 heteroatoms. The van der Waals surface area contributed by atoms with Crippen LogP contribution in [0.4, 0.5) is 10.5 Å². The Morgan fingerprint density at radius 2 is 2.14 bits per heavy atom. The number of carbonyl (C=O) groups is 1. The number of nitrogens with zero attached hydrogens (tertiary/aromatic N) is 2. The number of nitrogens with one attached hydrogen (secondary N) is 2. The zero-order valence-electron chi connectivity index (χ0n) is 8.16. The Labute approximate surface area is 83.0 Å². The molecule has 0 bridgehead atoms. The fourth-order valence-electron chi connectivity index (χ4n) is 0.918. The Hall–Kier alpha value is -1.65. The van der Waals surface area contributed by atoms with Gasteiger partial charge in [0.15, 0.2) is 0 Å². The Bertz CT molecular complexity index is 275. The van der Waals surface area contributed by atoms with Crippen molar-refractivity contribution in [1.29, 1.82) is 0 Å². The molecule has 0 unspecified atom stereocenters. The molecule has 2 N–H and O–H groups in total. The van der Waals surface area contributed by atoms with Gasteiger partial charge in [-0.2, -0.15) is 0 Å². The summed E-state index contributed by atoms with van der Waals surface area (Å²) < 4.78 is 0. The minimum absolute atomic E-state index is 0.215. The van der Waals surface area contributed by atoms with Crippen molar-refractivity contribution in [3.63, 3.8) is 0 Å². The second-order valence-corrected chi connectivity index (χ2v) is 2.86. The van der Waals surface area contributed by atoms with Crippen LogP contribution in [0.2, 0.25) is 0 Å². The first-order valence-electron chi connectivity index (χ1n) is 4.62. The number of anilines is 1. The summed E-state index contributed by atoms with van der Waals surface area (Å²) in [6, 6.07) is -0.215. The zero-order chi connectivity index (χ0) is 10.2. The average molecular weight is 194 g/mol. The van der Waals surface area contributed by atoms with Gasteiger partial charge in [0.1, 0.15) is 6.33 Å². The molecule has 0 aliphatic carbocycles. The molecule has 1 aromatic rings. The highest BCUT2D eigenvalue weighted by Gasteiger charge is 1.99. The van der Waals surface area contributed by atoms with Crippen molar-refractivity contribution in [2.45, 2.75) is 19.8 Å². The molecule has 1 heterocycles. The molecule has 0 aliphatic heterocycles. The second kappa shape index (κ2) is 5.90. The van der Waals surface area contributed by atoms with Crippen molar-refractivity contribution < 1.29 is 4.79 Å². The van der Waals surface area contributed by atoms with E-state index in [1.807, 2.05) is 0 Å². The van der Waals surface area contributed by atoms with Gasteiger partial charge < -0.3 is 10.6 Å². The van der Waals surface area contributed by atoms with Gasteiger partial charge in [0.2, 0.25) is 0 Å². The predicted molar refractivity (Wildman–Crippen MR) is 54.0 cm³/mol. The molecule has 0 atom stereocenters. The molecular formula is C9H14N4O. The van der Waals surface area contributed by atoms with Crippen LogP contribution in [0.15, 0.2) is 18.7 Å². The summed E-state index contributed by atoms with van der Waals surface area (Å²) in [7, 11) is 0. The van der Waals surface area contributed by atoms with Crippen LogP contribution in [0.25, 0.3) is 0 Å². The van der Waals surface area contributed by atoms with Crippen molar-refractivity contribution in [2.24, 2.45) is 0 Å². The molecule has 0 aliphatic rings. The number of urea groups is 1. The number of aromatic nitrogens is 2. The molecule has 1 rings (SSSR count). The quantitative estimate of drug-likeness (QED) is 0.712. The van der Waals surface area contributed by atoms with Gasteiger partial charge >= 0.3 is 6.03 Å². The van der Waals surface area contributed by atoms with Crippen molar-refractivity contribution in [3.05, 3.63) is 18.7 Å². The Balaban J connectivity index is 2.27. The number of hydrogen-bond donors (Lipinski definition) is 2.